The number of hydrogen-bond donors (Lipinski definition) is 1. The fourth-order valence-corrected chi connectivity index (χ4v) is 4.07. The van der Waals surface area contributed by atoms with E-state index in [2.05, 4.69) is 5.32 Å². The zero-order valence-corrected chi connectivity index (χ0v) is 15.7. The Kier molecular flexibility index (Phi) is 6.11. The molecule has 1 saturated heterocycles. The van der Waals surface area contributed by atoms with Crippen LogP contribution in [0, 0.1) is 11.6 Å². The maximum atomic E-state index is 14.2. The molecule has 3 rings (SSSR count). The number of hydrogen-bond acceptors (Lipinski definition) is 3. The van der Waals surface area contributed by atoms with E-state index in [1.165, 1.54) is 22.7 Å². The summed E-state index contributed by atoms with van der Waals surface area (Å²) in [6.07, 6.45) is 2.26. The minimum atomic E-state index is -0.768. The zero-order chi connectivity index (χ0) is 19.4. The van der Waals surface area contributed by atoms with Gasteiger partial charge in [-0.15, -0.1) is 11.8 Å². The smallest absolute Gasteiger partial charge is 0.238 e. The molecule has 1 aliphatic heterocycles. The van der Waals surface area contributed by atoms with E-state index in [1.807, 2.05) is 6.92 Å². The van der Waals surface area contributed by atoms with Gasteiger partial charge in [0.25, 0.3) is 0 Å². The summed E-state index contributed by atoms with van der Waals surface area (Å²) in [6, 6.07) is 10.3. The molecule has 2 aromatic carbocycles. The van der Waals surface area contributed by atoms with Gasteiger partial charge >= 0.3 is 0 Å². The van der Waals surface area contributed by atoms with Crippen molar-refractivity contribution in [2.24, 2.45) is 0 Å². The van der Waals surface area contributed by atoms with Gasteiger partial charge in [-0.1, -0.05) is 25.5 Å². The first-order valence-electron chi connectivity index (χ1n) is 8.78. The molecule has 2 amide bonds. The van der Waals surface area contributed by atoms with Crippen molar-refractivity contribution in [1.82, 2.24) is 0 Å². The third-order valence-corrected chi connectivity index (χ3v) is 5.49. The zero-order valence-electron chi connectivity index (χ0n) is 14.9. The monoisotopic (exact) mass is 390 g/mol. The van der Waals surface area contributed by atoms with Crippen molar-refractivity contribution >= 4 is 35.0 Å². The molecule has 1 N–H and O–H groups in total. The van der Waals surface area contributed by atoms with Gasteiger partial charge in [-0.25, -0.2) is 8.78 Å². The Hall–Kier alpha value is -2.41. The second kappa shape index (κ2) is 8.52. The maximum Gasteiger partial charge on any atom is 0.238 e. The molecule has 27 heavy (non-hydrogen) atoms. The molecule has 0 unspecified atom stereocenters. The summed E-state index contributed by atoms with van der Waals surface area (Å²) in [7, 11) is 0. The van der Waals surface area contributed by atoms with Crippen LogP contribution in [0.3, 0.4) is 0 Å². The Bertz CT molecular complexity index is 842. The lowest BCUT2D eigenvalue weighted by atomic mass is 10.1. The Morgan fingerprint density at radius 3 is 2.63 bits per heavy atom. The summed E-state index contributed by atoms with van der Waals surface area (Å²) >= 11 is 1.38. The fourth-order valence-electron chi connectivity index (χ4n) is 2.90. The number of anilines is 2. The number of benzene rings is 2. The lowest BCUT2D eigenvalue weighted by Gasteiger charge is -2.25. The van der Waals surface area contributed by atoms with Gasteiger partial charge in [0.1, 0.15) is 17.0 Å². The molecular weight excluding hydrogens is 370 g/mol. The number of nitrogens with one attached hydrogen (secondary N) is 1. The highest BCUT2D eigenvalue weighted by atomic mass is 32.2. The lowest BCUT2D eigenvalue weighted by molar-refractivity contribution is -0.116. The quantitative estimate of drug-likeness (QED) is 0.765. The van der Waals surface area contributed by atoms with Crippen LogP contribution in [0.4, 0.5) is 20.2 Å². The number of thioether (sulfide) groups is 1. The molecule has 1 aliphatic rings. The van der Waals surface area contributed by atoms with E-state index in [-0.39, 0.29) is 23.3 Å². The van der Waals surface area contributed by atoms with Crippen molar-refractivity contribution in [1.29, 1.82) is 0 Å². The highest BCUT2D eigenvalue weighted by Gasteiger charge is 2.35. The summed E-state index contributed by atoms with van der Waals surface area (Å²) in [5.74, 6) is -1.50. The first kappa shape index (κ1) is 19.4. The van der Waals surface area contributed by atoms with Crippen molar-refractivity contribution in [3.05, 3.63) is 59.7 Å². The molecule has 1 fully saturated rings. The number of carbonyl (C=O) groups is 2. The van der Waals surface area contributed by atoms with Crippen molar-refractivity contribution in [3.8, 4) is 0 Å². The summed E-state index contributed by atoms with van der Waals surface area (Å²) in [5.41, 5.74) is 1.54. The predicted octanol–water partition coefficient (Wildman–Crippen LogP) is 4.87. The Morgan fingerprint density at radius 1 is 1.22 bits per heavy atom. The van der Waals surface area contributed by atoms with Gasteiger partial charge in [0.15, 0.2) is 0 Å². The van der Waals surface area contributed by atoms with Gasteiger partial charge in [-0.2, -0.15) is 0 Å². The molecule has 0 spiro atoms. The average molecular weight is 390 g/mol. The van der Waals surface area contributed by atoms with Crippen LogP contribution in [0.25, 0.3) is 0 Å². The molecule has 0 aliphatic carbocycles. The fraction of sp³-hybridized carbons (Fsp3) is 0.300. The van der Waals surface area contributed by atoms with E-state index in [9.17, 15) is 18.4 Å². The molecule has 1 atom stereocenters. The summed E-state index contributed by atoms with van der Waals surface area (Å²) in [4.78, 5) is 25.5. The van der Waals surface area contributed by atoms with Crippen LogP contribution in [0.15, 0.2) is 42.5 Å². The molecule has 7 heteroatoms. The second-order valence-corrected chi connectivity index (χ2v) is 7.37. The van der Waals surface area contributed by atoms with Crippen LogP contribution in [0.5, 0.6) is 0 Å². The van der Waals surface area contributed by atoms with E-state index in [0.717, 1.165) is 30.5 Å². The van der Waals surface area contributed by atoms with Gasteiger partial charge in [0.05, 0.1) is 11.4 Å². The SMILES string of the molecule is CCCCC(=O)Nc1ccc([C@H]2SCC(=O)N2c2ccc(F)cc2F)cc1. The number of unbranched alkanes of at least 4 members (excludes halogenated alkanes) is 1. The van der Waals surface area contributed by atoms with Crippen molar-refractivity contribution < 1.29 is 18.4 Å². The van der Waals surface area contributed by atoms with E-state index in [0.29, 0.717) is 12.1 Å². The van der Waals surface area contributed by atoms with E-state index < -0.39 is 17.0 Å². The van der Waals surface area contributed by atoms with Crippen LogP contribution in [0.2, 0.25) is 0 Å². The first-order valence-corrected chi connectivity index (χ1v) is 9.83. The third-order valence-electron chi connectivity index (χ3n) is 4.27. The van der Waals surface area contributed by atoms with Crippen LogP contribution < -0.4 is 10.2 Å². The number of nitrogens with zero attached hydrogens (tertiary/aromatic N) is 1. The molecule has 4 nitrogen and oxygen atoms in total. The molecule has 2 aromatic rings. The standard InChI is InChI=1S/C20H20F2N2O2S/c1-2-3-4-18(25)23-15-8-5-13(6-9-15)20-24(19(26)12-27-20)17-10-7-14(21)11-16(17)22/h5-11,20H,2-4,12H2,1H3,(H,23,25)/t20-/m1/s1. The molecule has 0 bridgehead atoms. The Morgan fingerprint density at radius 2 is 1.96 bits per heavy atom. The Labute approximate surface area is 160 Å². The molecule has 0 radical (unpaired) electrons. The molecule has 0 saturated carbocycles. The van der Waals surface area contributed by atoms with Gasteiger partial charge in [-0.05, 0) is 36.2 Å². The predicted molar refractivity (Wildman–Crippen MR) is 104 cm³/mol. The second-order valence-electron chi connectivity index (χ2n) is 6.30. The molecule has 142 valence electrons. The van der Waals surface area contributed by atoms with Crippen LogP contribution in [-0.4, -0.2) is 17.6 Å². The number of halogens is 2. The minimum Gasteiger partial charge on any atom is -0.326 e. The minimum absolute atomic E-state index is 0.0370. The van der Waals surface area contributed by atoms with E-state index >= 15 is 0 Å². The number of amides is 2. The lowest BCUT2D eigenvalue weighted by Crippen LogP contribution is -2.28. The van der Waals surface area contributed by atoms with Gasteiger partial charge in [0.2, 0.25) is 11.8 Å². The van der Waals surface area contributed by atoms with Gasteiger partial charge in [0, 0.05) is 18.2 Å². The number of carbonyl (C=O) groups excluding carboxylic acids is 2. The summed E-state index contributed by atoms with van der Waals surface area (Å²) in [5, 5.41) is 2.43. The van der Waals surface area contributed by atoms with E-state index in [4.69, 9.17) is 0 Å². The van der Waals surface area contributed by atoms with Gasteiger partial charge < -0.3 is 5.32 Å². The summed E-state index contributed by atoms with van der Waals surface area (Å²) < 4.78 is 27.4. The summed E-state index contributed by atoms with van der Waals surface area (Å²) in [6.45, 7) is 2.03. The van der Waals surface area contributed by atoms with Crippen LogP contribution >= 0.6 is 11.8 Å². The highest BCUT2D eigenvalue weighted by molar-refractivity contribution is 8.00. The average Bonchev–Trinajstić information content (AvgIpc) is 3.02. The van der Waals surface area contributed by atoms with Crippen molar-refractivity contribution in [2.45, 2.75) is 31.6 Å². The molecule has 0 aromatic heterocycles. The molecule has 1 heterocycles. The highest BCUT2D eigenvalue weighted by Crippen LogP contribution is 2.42. The normalized spacial score (nSPS) is 16.6. The molecular formula is C20H20F2N2O2S. The Balaban J connectivity index is 1.78. The first-order chi connectivity index (χ1) is 13.0. The topological polar surface area (TPSA) is 49.4 Å². The van der Waals surface area contributed by atoms with Gasteiger partial charge in [-0.3, -0.25) is 14.5 Å². The largest absolute Gasteiger partial charge is 0.326 e. The van der Waals surface area contributed by atoms with Crippen LogP contribution in [-0.2, 0) is 9.59 Å². The maximum absolute atomic E-state index is 14.2. The third kappa shape index (κ3) is 4.47. The van der Waals surface area contributed by atoms with Crippen LogP contribution in [0.1, 0.15) is 37.1 Å². The van der Waals surface area contributed by atoms with Crippen molar-refractivity contribution in [3.63, 3.8) is 0 Å². The van der Waals surface area contributed by atoms with Crippen molar-refractivity contribution in [2.75, 3.05) is 16.0 Å². The van der Waals surface area contributed by atoms with E-state index in [1.54, 1.807) is 24.3 Å². The number of rotatable bonds is 6.